The van der Waals surface area contributed by atoms with Gasteiger partial charge in [-0.25, -0.2) is 4.98 Å². The summed E-state index contributed by atoms with van der Waals surface area (Å²) in [4.78, 5) is 4.48. The second-order valence-electron chi connectivity index (χ2n) is 4.81. The number of benzene rings is 2. The van der Waals surface area contributed by atoms with Gasteiger partial charge < -0.3 is 9.84 Å². The quantitative estimate of drug-likeness (QED) is 0.775. The van der Waals surface area contributed by atoms with E-state index in [4.69, 9.17) is 16.3 Å². The van der Waals surface area contributed by atoms with E-state index in [0.29, 0.717) is 16.7 Å². The summed E-state index contributed by atoms with van der Waals surface area (Å²) < 4.78 is 5.83. The zero-order chi connectivity index (χ0) is 14.8. The molecule has 0 aliphatic heterocycles. The smallest absolute Gasteiger partial charge is 0.220 e. The van der Waals surface area contributed by atoms with E-state index in [2.05, 4.69) is 4.98 Å². The van der Waals surface area contributed by atoms with Gasteiger partial charge in [-0.3, -0.25) is 0 Å². The van der Waals surface area contributed by atoms with Crippen LogP contribution in [0.1, 0.15) is 11.1 Å². The molecule has 1 heterocycles. The van der Waals surface area contributed by atoms with Gasteiger partial charge in [0.05, 0.1) is 12.1 Å². The number of rotatable bonds is 3. The van der Waals surface area contributed by atoms with Gasteiger partial charge in [-0.1, -0.05) is 29.8 Å². The van der Waals surface area contributed by atoms with Crippen LogP contribution in [0.5, 0.6) is 11.6 Å². The highest BCUT2D eigenvalue weighted by atomic mass is 35.5. The van der Waals surface area contributed by atoms with Crippen molar-refractivity contribution in [2.24, 2.45) is 0 Å². The van der Waals surface area contributed by atoms with E-state index in [1.54, 1.807) is 12.1 Å². The number of fused-ring (bicyclic) bond motifs is 1. The number of aliphatic hydroxyl groups excluding tert-OH is 1. The molecule has 0 bridgehead atoms. The van der Waals surface area contributed by atoms with Crippen molar-refractivity contribution in [3.05, 3.63) is 64.7 Å². The number of aliphatic hydroxyl groups is 1. The molecule has 3 rings (SSSR count). The summed E-state index contributed by atoms with van der Waals surface area (Å²) in [5, 5.41) is 11.1. The van der Waals surface area contributed by atoms with E-state index in [1.165, 1.54) is 0 Å². The first-order valence-electron chi connectivity index (χ1n) is 6.61. The molecular formula is C17H14ClNO2. The number of hydrogen-bond donors (Lipinski definition) is 1. The molecule has 106 valence electrons. The molecule has 0 amide bonds. The molecular weight excluding hydrogens is 286 g/mol. The molecule has 4 heteroatoms. The number of pyridine rings is 1. The Balaban J connectivity index is 2.04. The van der Waals surface area contributed by atoms with Crippen molar-refractivity contribution in [1.29, 1.82) is 0 Å². The maximum atomic E-state index is 9.52. The molecule has 0 saturated heterocycles. The summed E-state index contributed by atoms with van der Waals surface area (Å²) in [6.45, 7) is 1.87. The molecule has 3 nitrogen and oxygen atoms in total. The van der Waals surface area contributed by atoms with E-state index in [-0.39, 0.29) is 6.61 Å². The third kappa shape index (κ3) is 2.84. The van der Waals surface area contributed by atoms with Gasteiger partial charge in [0.25, 0.3) is 0 Å². The molecule has 1 N–H and O–H groups in total. The van der Waals surface area contributed by atoms with Gasteiger partial charge in [0, 0.05) is 16.5 Å². The Labute approximate surface area is 127 Å². The Hall–Kier alpha value is -2.10. The van der Waals surface area contributed by atoms with Crippen molar-refractivity contribution in [2.75, 3.05) is 0 Å². The highest BCUT2D eigenvalue weighted by Gasteiger charge is 2.08. The largest absolute Gasteiger partial charge is 0.439 e. The average Bonchev–Trinajstić information content (AvgIpc) is 2.49. The maximum Gasteiger partial charge on any atom is 0.220 e. The Kier molecular flexibility index (Phi) is 3.78. The van der Waals surface area contributed by atoms with Crippen molar-refractivity contribution in [3.63, 3.8) is 0 Å². The second kappa shape index (κ2) is 5.72. The molecule has 21 heavy (non-hydrogen) atoms. The SMILES string of the molecule is Cc1cc(Cl)ccc1Oc1cc(CO)c2ccccc2n1. The molecule has 0 unspecified atom stereocenters. The third-order valence-corrected chi connectivity index (χ3v) is 3.54. The van der Waals surface area contributed by atoms with Crippen LogP contribution < -0.4 is 4.74 Å². The van der Waals surface area contributed by atoms with E-state index in [0.717, 1.165) is 22.0 Å². The van der Waals surface area contributed by atoms with Gasteiger partial charge in [-0.15, -0.1) is 0 Å². The van der Waals surface area contributed by atoms with Crippen LogP contribution in [0.4, 0.5) is 0 Å². The van der Waals surface area contributed by atoms with Crippen molar-refractivity contribution >= 4 is 22.5 Å². The monoisotopic (exact) mass is 299 g/mol. The first-order chi connectivity index (χ1) is 10.2. The molecule has 0 aliphatic rings. The zero-order valence-corrected chi connectivity index (χ0v) is 12.3. The molecule has 0 spiro atoms. The topological polar surface area (TPSA) is 42.4 Å². The predicted octanol–water partition coefficient (Wildman–Crippen LogP) is 4.48. The molecule has 0 saturated carbocycles. The number of aromatic nitrogens is 1. The van der Waals surface area contributed by atoms with Crippen LogP contribution in [0.15, 0.2) is 48.5 Å². The summed E-state index contributed by atoms with van der Waals surface area (Å²) in [6, 6.07) is 14.9. The first kappa shape index (κ1) is 13.9. The van der Waals surface area contributed by atoms with E-state index < -0.39 is 0 Å². The van der Waals surface area contributed by atoms with Crippen LogP contribution >= 0.6 is 11.6 Å². The lowest BCUT2D eigenvalue weighted by Gasteiger charge is -2.11. The molecule has 0 atom stereocenters. The zero-order valence-electron chi connectivity index (χ0n) is 11.5. The Morgan fingerprint density at radius 1 is 1.14 bits per heavy atom. The van der Waals surface area contributed by atoms with E-state index >= 15 is 0 Å². The lowest BCUT2D eigenvalue weighted by molar-refractivity contribution is 0.282. The van der Waals surface area contributed by atoms with Gasteiger partial charge in [-0.2, -0.15) is 0 Å². The van der Waals surface area contributed by atoms with Crippen LogP contribution in [-0.2, 0) is 6.61 Å². The lowest BCUT2D eigenvalue weighted by atomic mass is 10.1. The third-order valence-electron chi connectivity index (χ3n) is 3.30. The summed E-state index contributed by atoms with van der Waals surface area (Å²) in [7, 11) is 0. The van der Waals surface area contributed by atoms with Crippen molar-refractivity contribution in [1.82, 2.24) is 4.98 Å². The van der Waals surface area contributed by atoms with Gasteiger partial charge in [0.2, 0.25) is 5.88 Å². The summed E-state index contributed by atoms with van der Waals surface area (Å²) in [6.07, 6.45) is 0. The van der Waals surface area contributed by atoms with Crippen LogP contribution in [0.2, 0.25) is 5.02 Å². The fraction of sp³-hybridized carbons (Fsp3) is 0.118. The number of nitrogens with zero attached hydrogens (tertiary/aromatic N) is 1. The highest BCUT2D eigenvalue weighted by Crippen LogP contribution is 2.29. The summed E-state index contributed by atoms with van der Waals surface area (Å²) in [5.74, 6) is 1.16. The fourth-order valence-electron chi connectivity index (χ4n) is 2.24. The number of halogens is 1. The number of para-hydroxylation sites is 1. The molecule has 2 aromatic carbocycles. The minimum absolute atomic E-state index is 0.0566. The normalized spacial score (nSPS) is 10.8. The van der Waals surface area contributed by atoms with Gasteiger partial charge >= 0.3 is 0 Å². The predicted molar refractivity (Wildman–Crippen MR) is 83.9 cm³/mol. The van der Waals surface area contributed by atoms with E-state index in [9.17, 15) is 5.11 Å². The Bertz CT molecular complexity index is 802. The number of aryl methyl sites for hydroxylation is 1. The van der Waals surface area contributed by atoms with Crippen molar-refractivity contribution in [2.45, 2.75) is 13.5 Å². The molecule has 3 aromatic rings. The van der Waals surface area contributed by atoms with Crippen molar-refractivity contribution < 1.29 is 9.84 Å². The van der Waals surface area contributed by atoms with Crippen molar-refractivity contribution in [3.8, 4) is 11.6 Å². The van der Waals surface area contributed by atoms with E-state index in [1.807, 2.05) is 43.3 Å². The second-order valence-corrected chi connectivity index (χ2v) is 5.24. The fourth-order valence-corrected chi connectivity index (χ4v) is 2.47. The first-order valence-corrected chi connectivity index (χ1v) is 6.98. The minimum Gasteiger partial charge on any atom is -0.439 e. The number of ether oxygens (including phenoxy) is 1. The molecule has 0 fully saturated rings. The Morgan fingerprint density at radius 3 is 2.71 bits per heavy atom. The molecule has 1 aromatic heterocycles. The maximum absolute atomic E-state index is 9.52. The van der Waals surface area contributed by atoms with Gasteiger partial charge in [0.15, 0.2) is 0 Å². The minimum atomic E-state index is -0.0566. The van der Waals surface area contributed by atoms with Gasteiger partial charge in [0.1, 0.15) is 5.75 Å². The number of hydrogen-bond acceptors (Lipinski definition) is 3. The highest BCUT2D eigenvalue weighted by molar-refractivity contribution is 6.30. The van der Waals surface area contributed by atoms with Crippen LogP contribution in [-0.4, -0.2) is 10.1 Å². The summed E-state index contributed by atoms with van der Waals surface area (Å²) in [5.41, 5.74) is 2.52. The molecule has 0 radical (unpaired) electrons. The van der Waals surface area contributed by atoms with Crippen LogP contribution in [0, 0.1) is 6.92 Å². The Morgan fingerprint density at radius 2 is 1.95 bits per heavy atom. The van der Waals surface area contributed by atoms with Gasteiger partial charge in [-0.05, 0) is 42.3 Å². The van der Waals surface area contributed by atoms with Crippen LogP contribution in [0.3, 0.4) is 0 Å². The summed E-state index contributed by atoms with van der Waals surface area (Å²) >= 11 is 5.94. The average molecular weight is 300 g/mol. The molecule has 0 aliphatic carbocycles. The lowest BCUT2D eigenvalue weighted by Crippen LogP contribution is -1.95. The standard InChI is InChI=1S/C17H14ClNO2/c1-11-8-13(18)6-7-16(11)21-17-9-12(10-20)14-4-2-3-5-15(14)19-17/h2-9,20H,10H2,1H3. The van der Waals surface area contributed by atoms with Crippen LogP contribution in [0.25, 0.3) is 10.9 Å².